The van der Waals surface area contributed by atoms with Crippen molar-refractivity contribution in [3.05, 3.63) is 0 Å². The highest BCUT2D eigenvalue weighted by atomic mass is 16.5. The maximum absolute atomic E-state index is 5.39. The average molecular weight is 198 g/mol. The summed E-state index contributed by atoms with van der Waals surface area (Å²) in [5.41, 5.74) is 0.329. The van der Waals surface area contributed by atoms with Gasteiger partial charge in [0.15, 0.2) is 0 Å². The van der Waals surface area contributed by atoms with Crippen molar-refractivity contribution in [2.24, 2.45) is 0 Å². The lowest BCUT2D eigenvalue weighted by molar-refractivity contribution is 0.102. The number of hydrogen-bond acceptors (Lipinski definition) is 3. The number of rotatable bonds is 2. The van der Waals surface area contributed by atoms with Gasteiger partial charge in [0.05, 0.1) is 6.10 Å². The molecule has 0 aromatic rings. The van der Waals surface area contributed by atoms with Gasteiger partial charge in [-0.15, -0.1) is 0 Å². The molecule has 2 fully saturated rings. The monoisotopic (exact) mass is 198 g/mol. The van der Waals surface area contributed by atoms with Crippen molar-refractivity contribution < 1.29 is 4.74 Å². The van der Waals surface area contributed by atoms with Crippen molar-refractivity contribution in [2.75, 3.05) is 26.7 Å². The third-order valence-electron chi connectivity index (χ3n) is 3.59. The van der Waals surface area contributed by atoms with E-state index < -0.39 is 0 Å². The van der Waals surface area contributed by atoms with Crippen LogP contribution in [0.3, 0.4) is 0 Å². The first-order chi connectivity index (χ1) is 6.61. The van der Waals surface area contributed by atoms with Crippen LogP contribution in [0, 0.1) is 0 Å². The van der Waals surface area contributed by atoms with Crippen molar-refractivity contribution in [3.8, 4) is 0 Å². The van der Waals surface area contributed by atoms with E-state index in [1.807, 2.05) is 7.11 Å². The number of likely N-dealkylation sites (tertiary alicyclic amines) is 1. The predicted octanol–water partition coefficient (Wildman–Crippen LogP) is 0.848. The Morgan fingerprint density at radius 2 is 2.21 bits per heavy atom. The maximum atomic E-state index is 5.39. The van der Waals surface area contributed by atoms with E-state index in [1.54, 1.807) is 0 Å². The molecule has 0 radical (unpaired) electrons. The lowest BCUT2D eigenvalue weighted by Crippen LogP contribution is -2.35. The molecule has 0 saturated carbocycles. The fourth-order valence-corrected chi connectivity index (χ4v) is 2.66. The van der Waals surface area contributed by atoms with E-state index in [-0.39, 0.29) is 0 Å². The molecule has 2 rings (SSSR count). The molecule has 0 bridgehead atoms. The highest BCUT2D eigenvalue weighted by molar-refractivity contribution is 4.96. The quantitative estimate of drug-likeness (QED) is 0.712. The Morgan fingerprint density at radius 1 is 1.43 bits per heavy atom. The van der Waals surface area contributed by atoms with E-state index >= 15 is 0 Å². The zero-order valence-corrected chi connectivity index (χ0v) is 9.55. The van der Waals surface area contributed by atoms with Gasteiger partial charge in [0.2, 0.25) is 0 Å². The second-order valence-corrected chi connectivity index (χ2v) is 5.26. The smallest absolute Gasteiger partial charge is 0.0710 e. The molecule has 0 aromatic heterocycles. The molecule has 0 aromatic carbocycles. The molecule has 2 heterocycles. The van der Waals surface area contributed by atoms with Crippen LogP contribution in [0.4, 0.5) is 0 Å². The predicted molar refractivity (Wildman–Crippen MR) is 57.5 cm³/mol. The highest BCUT2D eigenvalue weighted by Gasteiger charge is 2.36. The number of nitrogens with one attached hydrogen (secondary N) is 1. The van der Waals surface area contributed by atoms with E-state index in [9.17, 15) is 0 Å². The van der Waals surface area contributed by atoms with Gasteiger partial charge in [-0.25, -0.2) is 0 Å². The van der Waals surface area contributed by atoms with Crippen LogP contribution in [0.1, 0.15) is 26.7 Å². The van der Waals surface area contributed by atoms with Crippen LogP contribution in [-0.4, -0.2) is 49.3 Å². The minimum atomic E-state index is 0.329. The molecule has 1 N–H and O–H groups in total. The Hall–Kier alpha value is -0.120. The van der Waals surface area contributed by atoms with Crippen LogP contribution in [0.25, 0.3) is 0 Å². The Kier molecular flexibility index (Phi) is 2.82. The molecule has 2 saturated heterocycles. The lowest BCUT2D eigenvalue weighted by atomic mass is 10.0. The largest absolute Gasteiger partial charge is 0.380 e. The van der Waals surface area contributed by atoms with Crippen LogP contribution in [-0.2, 0) is 4.74 Å². The van der Waals surface area contributed by atoms with Gasteiger partial charge in [0, 0.05) is 38.3 Å². The fourth-order valence-electron chi connectivity index (χ4n) is 2.66. The SMILES string of the molecule is COC1CCN(C2CNC(C)(C)C2)C1. The van der Waals surface area contributed by atoms with Crippen molar-refractivity contribution in [1.29, 1.82) is 0 Å². The standard InChI is InChI=1S/C11H22N2O/c1-11(2)6-9(7-12-11)13-5-4-10(8-13)14-3/h9-10,12H,4-8H2,1-3H3. The maximum Gasteiger partial charge on any atom is 0.0710 e. The van der Waals surface area contributed by atoms with Crippen LogP contribution in [0.15, 0.2) is 0 Å². The Labute approximate surface area is 86.8 Å². The van der Waals surface area contributed by atoms with Crippen molar-refractivity contribution in [3.63, 3.8) is 0 Å². The molecule has 0 amide bonds. The average Bonchev–Trinajstić information content (AvgIpc) is 2.70. The molecule has 2 atom stereocenters. The number of methoxy groups -OCH3 is 1. The zero-order valence-electron chi connectivity index (χ0n) is 9.55. The molecule has 2 aliphatic rings. The summed E-state index contributed by atoms with van der Waals surface area (Å²) in [7, 11) is 1.82. The van der Waals surface area contributed by atoms with Crippen LogP contribution < -0.4 is 5.32 Å². The molecule has 2 unspecified atom stereocenters. The summed E-state index contributed by atoms with van der Waals surface area (Å²) < 4.78 is 5.39. The highest BCUT2D eigenvalue weighted by Crippen LogP contribution is 2.25. The molecule has 0 spiro atoms. The molecular weight excluding hydrogens is 176 g/mol. The summed E-state index contributed by atoms with van der Waals surface area (Å²) in [4.78, 5) is 2.58. The minimum absolute atomic E-state index is 0.329. The van der Waals surface area contributed by atoms with Gasteiger partial charge >= 0.3 is 0 Å². The van der Waals surface area contributed by atoms with Crippen molar-refractivity contribution in [1.82, 2.24) is 10.2 Å². The van der Waals surface area contributed by atoms with Crippen LogP contribution in [0.5, 0.6) is 0 Å². The molecule has 0 aliphatic carbocycles. The number of ether oxygens (including phenoxy) is 1. The number of hydrogen-bond donors (Lipinski definition) is 1. The summed E-state index contributed by atoms with van der Waals surface area (Å²) in [5, 5.41) is 3.57. The topological polar surface area (TPSA) is 24.5 Å². The molecule has 3 heteroatoms. The van der Waals surface area contributed by atoms with Crippen LogP contribution in [0.2, 0.25) is 0 Å². The molecule has 2 aliphatic heterocycles. The van der Waals surface area contributed by atoms with Gasteiger partial charge < -0.3 is 10.1 Å². The summed E-state index contributed by atoms with van der Waals surface area (Å²) >= 11 is 0. The van der Waals surface area contributed by atoms with Crippen molar-refractivity contribution >= 4 is 0 Å². The van der Waals surface area contributed by atoms with Crippen molar-refractivity contribution in [2.45, 2.75) is 44.4 Å². The normalized spacial score (nSPS) is 37.9. The van der Waals surface area contributed by atoms with Crippen LogP contribution >= 0.6 is 0 Å². The Morgan fingerprint density at radius 3 is 2.71 bits per heavy atom. The third-order valence-corrected chi connectivity index (χ3v) is 3.59. The van der Waals surface area contributed by atoms with E-state index in [1.165, 1.54) is 19.4 Å². The first-order valence-electron chi connectivity index (χ1n) is 5.62. The fraction of sp³-hybridized carbons (Fsp3) is 1.00. The molecule has 14 heavy (non-hydrogen) atoms. The van der Waals surface area contributed by atoms with Gasteiger partial charge in [-0.05, 0) is 26.7 Å². The second-order valence-electron chi connectivity index (χ2n) is 5.26. The molecular formula is C11H22N2O. The third kappa shape index (κ3) is 2.10. The lowest BCUT2D eigenvalue weighted by Gasteiger charge is -2.24. The first kappa shape index (κ1) is 10.4. The zero-order chi connectivity index (χ0) is 10.2. The summed E-state index contributed by atoms with van der Waals surface area (Å²) in [6, 6.07) is 0.727. The van der Waals surface area contributed by atoms with Gasteiger partial charge in [0.1, 0.15) is 0 Å². The van der Waals surface area contributed by atoms with E-state index in [4.69, 9.17) is 4.74 Å². The van der Waals surface area contributed by atoms with Gasteiger partial charge in [-0.3, -0.25) is 4.90 Å². The van der Waals surface area contributed by atoms with Gasteiger partial charge in [-0.1, -0.05) is 0 Å². The second kappa shape index (κ2) is 3.80. The summed E-state index contributed by atoms with van der Waals surface area (Å²) in [6.45, 7) is 8.05. The summed E-state index contributed by atoms with van der Waals surface area (Å²) in [5.74, 6) is 0. The number of nitrogens with zero attached hydrogens (tertiary/aromatic N) is 1. The summed E-state index contributed by atoms with van der Waals surface area (Å²) in [6.07, 6.45) is 2.94. The first-order valence-corrected chi connectivity index (χ1v) is 5.62. The van der Waals surface area contributed by atoms with E-state index in [2.05, 4.69) is 24.1 Å². The Balaban J connectivity index is 1.86. The Bertz CT molecular complexity index is 205. The van der Waals surface area contributed by atoms with E-state index in [0.29, 0.717) is 11.6 Å². The minimum Gasteiger partial charge on any atom is -0.380 e. The van der Waals surface area contributed by atoms with E-state index in [0.717, 1.165) is 19.1 Å². The molecule has 82 valence electrons. The molecule has 3 nitrogen and oxygen atoms in total. The van der Waals surface area contributed by atoms with Gasteiger partial charge in [0.25, 0.3) is 0 Å². The van der Waals surface area contributed by atoms with Gasteiger partial charge in [-0.2, -0.15) is 0 Å².